The summed E-state index contributed by atoms with van der Waals surface area (Å²) in [7, 11) is 3.78. The molecule has 6 heteroatoms. The molecule has 1 heterocycles. The van der Waals surface area contributed by atoms with Crippen LogP contribution in [0.2, 0.25) is 0 Å². The topological polar surface area (TPSA) is 54.2 Å². The number of aromatic nitrogens is 2. The zero-order valence-corrected chi connectivity index (χ0v) is 18.3. The van der Waals surface area contributed by atoms with Crippen LogP contribution in [0.4, 0.5) is 0 Å². The summed E-state index contributed by atoms with van der Waals surface area (Å²) in [6, 6.07) is 10.8. The van der Waals surface area contributed by atoms with Crippen LogP contribution in [0.15, 0.2) is 35.3 Å². The van der Waals surface area contributed by atoms with Crippen LogP contribution in [0.1, 0.15) is 42.3 Å². The van der Waals surface area contributed by atoms with Crippen molar-refractivity contribution in [3.05, 3.63) is 52.8 Å². The lowest BCUT2D eigenvalue weighted by Gasteiger charge is -2.24. The van der Waals surface area contributed by atoms with Crippen LogP contribution in [0.5, 0.6) is 0 Å². The van der Waals surface area contributed by atoms with Crippen molar-refractivity contribution in [2.75, 3.05) is 7.05 Å². The predicted octanol–water partition coefficient (Wildman–Crippen LogP) is 3.51. The zero-order valence-electron chi connectivity index (χ0n) is 16.0. The van der Waals surface area contributed by atoms with Crippen LogP contribution in [0, 0.1) is 13.8 Å². The Bertz CT molecular complexity index is 693. The molecule has 2 aromatic rings. The molecule has 2 N–H and O–H groups in total. The van der Waals surface area contributed by atoms with Gasteiger partial charge in [-0.25, -0.2) is 0 Å². The van der Waals surface area contributed by atoms with Crippen molar-refractivity contribution in [1.82, 2.24) is 20.4 Å². The zero-order chi connectivity index (χ0) is 17.7. The molecular formula is C19H30IN5. The van der Waals surface area contributed by atoms with Crippen LogP contribution in [-0.4, -0.2) is 28.8 Å². The maximum Gasteiger partial charge on any atom is 0.191 e. The van der Waals surface area contributed by atoms with Crippen molar-refractivity contribution in [3.8, 4) is 0 Å². The summed E-state index contributed by atoms with van der Waals surface area (Å²) in [6.07, 6.45) is 0. The fraction of sp³-hybridized carbons (Fsp3) is 0.474. The summed E-state index contributed by atoms with van der Waals surface area (Å²) in [5.74, 6) is 1.21. The molecule has 0 saturated carbocycles. The van der Waals surface area contributed by atoms with E-state index in [1.165, 1.54) is 16.8 Å². The monoisotopic (exact) mass is 455 g/mol. The average molecular weight is 455 g/mol. The fourth-order valence-corrected chi connectivity index (χ4v) is 2.83. The van der Waals surface area contributed by atoms with Gasteiger partial charge in [0.15, 0.2) is 5.96 Å². The maximum absolute atomic E-state index is 4.46. The minimum atomic E-state index is 0. The molecule has 0 fully saturated rings. The van der Waals surface area contributed by atoms with E-state index in [1.807, 2.05) is 24.7 Å². The van der Waals surface area contributed by atoms with Gasteiger partial charge in [0.25, 0.3) is 0 Å². The van der Waals surface area contributed by atoms with Gasteiger partial charge in [-0.15, -0.1) is 24.0 Å². The lowest BCUT2D eigenvalue weighted by atomic mass is 9.94. The first-order valence-corrected chi connectivity index (χ1v) is 8.45. The molecule has 0 aliphatic carbocycles. The number of rotatable bonds is 5. The smallest absolute Gasteiger partial charge is 0.191 e. The van der Waals surface area contributed by atoms with E-state index in [0.717, 1.165) is 18.2 Å². The van der Waals surface area contributed by atoms with Gasteiger partial charge < -0.3 is 10.6 Å². The second-order valence-corrected chi connectivity index (χ2v) is 6.33. The van der Waals surface area contributed by atoms with Crippen LogP contribution >= 0.6 is 24.0 Å². The first-order valence-electron chi connectivity index (χ1n) is 8.45. The number of hydrogen-bond donors (Lipinski definition) is 2. The van der Waals surface area contributed by atoms with Crippen molar-refractivity contribution in [1.29, 1.82) is 0 Å². The number of guanidine groups is 1. The first-order chi connectivity index (χ1) is 11.4. The number of nitrogens with one attached hydrogen (secondary N) is 2. The minimum Gasteiger partial charge on any atom is -0.353 e. The quantitative estimate of drug-likeness (QED) is 0.412. The van der Waals surface area contributed by atoms with Gasteiger partial charge in [-0.3, -0.25) is 9.67 Å². The summed E-state index contributed by atoms with van der Waals surface area (Å²) in [6.45, 7) is 9.27. The van der Waals surface area contributed by atoms with Gasteiger partial charge in [-0.1, -0.05) is 37.3 Å². The highest BCUT2D eigenvalue weighted by atomic mass is 127. The molecule has 138 valence electrons. The van der Waals surface area contributed by atoms with Crippen LogP contribution in [0.3, 0.4) is 0 Å². The average Bonchev–Trinajstić information content (AvgIpc) is 2.83. The predicted molar refractivity (Wildman–Crippen MR) is 116 cm³/mol. The molecule has 0 amide bonds. The van der Waals surface area contributed by atoms with E-state index in [9.17, 15) is 0 Å². The summed E-state index contributed by atoms with van der Waals surface area (Å²) in [5, 5.41) is 11.4. The van der Waals surface area contributed by atoms with Crippen molar-refractivity contribution in [2.24, 2.45) is 12.0 Å². The number of aliphatic imine (C=N–C) groups is 1. The summed E-state index contributed by atoms with van der Waals surface area (Å²) < 4.78 is 1.92. The molecule has 5 nitrogen and oxygen atoms in total. The van der Waals surface area contributed by atoms with Crippen molar-refractivity contribution in [2.45, 2.75) is 46.2 Å². The third-order valence-electron chi connectivity index (χ3n) is 4.75. The largest absolute Gasteiger partial charge is 0.353 e. The second kappa shape index (κ2) is 9.79. The molecular weight excluding hydrogens is 425 g/mol. The Kier molecular flexibility index (Phi) is 8.41. The third-order valence-corrected chi connectivity index (χ3v) is 4.75. The van der Waals surface area contributed by atoms with Crippen LogP contribution in [-0.2, 0) is 13.6 Å². The van der Waals surface area contributed by atoms with E-state index in [0.29, 0.717) is 5.92 Å². The van der Waals surface area contributed by atoms with Crippen molar-refractivity contribution < 1.29 is 0 Å². The number of halogens is 1. The standard InChI is InChI=1S/C19H29N5.HI/c1-13(17-10-8-7-9-11-17)14(2)22-19(20-5)21-12-18-15(3)23-24(6)16(18)4;/h7-11,13-14H,12H2,1-6H3,(H2,20,21,22);1H. The van der Waals surface area contributed by atoms with Crippen molar-refractivity contribution >= 4 is 29.9 Å². The molecule has 1 aromatic heterocycles. The van der Waals surface area contributed by atoms with Gasteiger partial charge in [0, 0.05) is 43.9 Å². The normalized spacial score (nSPS) is 13.8. The van der Waals surface area contributed by atoms with E-state index < -0.39 is 0 Å². The number of nitrogens with zero attached hydrogens (tertiary/aromatic N) is 3. The number of aryl methyl sites for hydroxylation is 2. The van der Waals surface area contributed by atoms with Crippen LogP contribution in [0.25, 0.3) is 0 Å². The van der Waals surface area contributed by atoms with E-state index in [1.54, 1.807) is 7.05 Å². The summed E-state index contributed by atoms with van der Waals surface area (Å²) in [5.41, 5.74) is 4.79. The van der Waals surface area contributed by atoms with E-state index in [2.05, 4.69) is 65.8 Å². The van der Waals surface area contributed by atoms with Gasteiger partial charge in [-0.05, 0) is 26.3 Å². The third kappa shape index (κ3) is 5.45. The summed E-state index contributed by atoms with van der Waals surface area (Å²) in [4.78, 5) is 4.35. The molecule has 25 heavy (non-hydrogen) atoms. The molecule has 2 rings (SSSR count). The molecule has 0 spiro atoms. The Hall–Kier alpha value is -1.57. The Balaban J connectivity index is 0.00000312. The highest BCUT2D eigenvalue weighted by Crippen LogP contribution is 2.18. The van der Waals surface area contributed by atoms with Gasteiger partial charge in [0.05, 0.1) is 5.69 Å². The van der Waals surface area contributed by atoms with Gasteiger partial charge in [-0.2, -0.15) is 5.10 Å². The molecule has 0 bridgehead atoms. The number of hydrogen-bond acceptors (Lipinski definition) is 2. The summed E-state index contributed by atoms with van der Waals surface area (Å²) >= 11 is 0. The molecule has 0 radical (unpaired) electrons. The Morgan fingerprint density at radius 3 is 2.36 bits per heavy atom. The maximum atomic E-state index is 4.46. The fourth-order valence-electron chi connectivity index (χ4n) is 2.83. The van der Waals surface area contributed by atoms with Gasteiger partial charge in [0.1, 0.15) is 0 Å². The van der Waals surface area contributed by atoms with E-state index >= 15 is 0 Å². The molecule has 1 aromatic carbocycles. The Labute approximate surface area is 168 Å². The molecule has 2 unspecified atom stereocenters. The lowest BCUT2D eigenvalue weighted by Crippen LogP contribution is -2.43. The highest BCUT2D eigenvalue weighted by Gasteiger charge is 2.16. The molecule has 0 aliphatic rings. The molecule has 0 aliphatic heterocycles. The molecule has 2 atom stereocenters. The molecule has 0 saturated heterocycles. The van der Waals surface area contributed by atoms with Gasteiger partial charge in [0.2, 0.25) is 0 Å². The second-order valence-electron chi connectivity index (χ2n) is 6.33. The van der Waals surface area contributed by atoms with Crippen LogP contribution < -0.4 is 10.6 Å². The van der Waals surface area contributed by atoms with E-state index in [4.69, 9.17) is 0 Å². The van der Waals surface area contributed by atoms with Crippen molar-refractivity contribution in [3.63, 3.8) is 0 Å². The minimum absolute atomic E-state index is 0. The lowest BCUT2D eigenvalue weighted by molar-refractivity contribution is 0.550. The SMILES string of the molecule is CN=C(NCc1c(C)nn(C)c1C)NC(C)C(C)c1ccccc1.I. The van der Waals surface area contributed by atoms with Gasteiger partial charge >= 0.3 is 0 Å². The highest BCUT2D eigenvalue weighted by molar-refractivity contribution is 14.0. The Morgan fingerprint density at radius 2 is 1.84 bits per heavy atom. The Morgan fingerprint density at radius 1 is 1.20 bits per heavy atom. The first kappa shape index (κ1) is 21.5. The van der Waals surface area contributed by atoms with E-state index in [-0.39, 0.29) is 30.0 Å². The number of benzene rings is 1.